The summed E-state index contributed by atoms with van der Waals surface area (Å²) < 4.78 is 0. The molecule has 0 fully saturated rings. The molecule has 2 rings (SSSR count). The molecule has 2 nitrogen and oxygen atoms in total. The zero-order valence-corrected chi connectivity index (χ0v) is 10.0. The number of thiazole rings is 1. The molecule has 14 heavy (non-hydrogen) atoms. The summed E-state index contributed by atoms with van der Waals surface area (Å²) in [6.45, 7) is 8.69. The molecule has 78 valence electrons. The highest BCUT2D eigenvalue weighted by molar-refractivity contribution is 7.11. The van der Waals surface area contributed by atoms with Crippen LogP contribution in [0.5, 0.6) is 0 Å². The Labute approximate surface area is 89.8 Å². The Hall–Kier alpha value is -0.410. The molecule has 1 aromatic heterocycles. The first-order valence-electron chi connectivity index (χ1n) is 5.33. The molecule has 0 aliphatic heterocycles. The lowest BCUT2D eigenvalue weighted by Gasteiger charge is -2.15. The highest BCUT2D eigenvalue weighted by Crippen LogP contribution is 2.40. The number of aryl methyl sites for hydroxylation is 1. The van der Waals surface area contributed by atoms with Crippen molar-refractivity contribution in [2.45, 2.75) is 45.6 Å². The van der Waals surface area contributed by atoms with Crippen molar-refractivity contribution in [3.63, 3.8) is 0 Å². The largest absolute Gasteiger partial charge is 0.311 e. The van der Waals surface area contributed by atoms with Gasteiger partial charge in [0.05, 0.1) is 5.69 Å². The standard InChI is InChI=1S/C11H18N2S/c1-4-12-7-9-13-10-8(14-9)5-6-11(10,2)3/h12H,4-7H2,1-3H3. The van der Waals surface area contributed by atoms with E-state index in [2.05, 4.69) is 26.1 Å². The Balaban J connectivity index is 2.18. The molecule has 1 N–H and O–H groups in total. The summed E-state index contributed by atoms with van der Waals surface area (Å²) in [5, 5.41) is 4.58. The lowest BCUT2D eigenvalue weighted by Crippen LogP contribution is -2.15. The summed E-state index contributed by atoms with van der Waals surface area (Å²) in [7, 11) is 0. The second-order valence-corrected chi connectivity index (χ2v) is 5.71. The molecule has 1 aliphatic rings. The maximum atomic E-state index is 4.74. The minimum Gasteiger partial charge on any atom is -0.311 e. The van der Waals surface area contributed by atoms with Crippen LogP contribution in [0.25, 0.3) is 0 Å². The minimum absolute atomic E-state index is 0.316. The second kappa shape index (κ2) is 3.63. The number of fused-ring (bicyclic) bond motifs is 1. The topological polar surface area (TPSA) is 24.9 Å². The molecule has 3 heteroatoms. The predicted molar refractivity (Wildman–Crippen MR) is 60.8 cm³/mol. The summed E-state index contributed by atoms with van der Waals surface area (Å²) in [6.07, 6.45) is 2.49. The van der Waals surface area contributed by atoms with Crippen molar-refractivity contribution < 1.29 is 0 Å². The summed E-state index contributed by atoms with van der Waals surface area (Å²) in [5.41, 5.74) is 1.67. The minimum atomic E-state index is 0.316. The van der Waals surface area contributed by atoms with Gasteiger partial charge in [0.25, 0.3) is 0 Å². The molecular formula is C11H18N2S. The molecule has 0 aromatic carbocycles. The first-order chi connectivity index (χ1) is 6.63. The van der Waals surface area contributed by atoms with Crippen LogP contribution in [-0.4, -0.2) is 11.5 Å². The highest BCUT2D eigenvalue weighted by atomic mass is 32.1. The van der Waals surface area contributed by atoms with E-state index in [0.717, 1.165) is 13.1 Å². The van der Waals surface area contributed by atoms with Gasteiger partial charge in [-0.05, 0) is 19.4 Å². The van der Waals surface area contributed by atoms with Crippen molar-refractivity contribution in [1.29, 1.82) is 0 Å². The number of aromatic nitrogens is 1. The Morgan fingerprint density at radius 1 is 1.50 bits per heavy atom. The molecule has 1 aliphatic carbocycles. The number of rotatable bonds is 3. The van der Waals surface area contributed by atoms with Crippen LogP contribution < -0.4 is 5.32 Å². The molecule has 0 spiro atoms. The molecule has 1 heterocycles. The third-order valence-corrected chi connectivity index (χ3v) is 4.00. The Morgan fingerprint density at radius 2 is 2.29 bits per heavy atom. The van der Waals surface area contributed by atoms with Crippen molar-refractivity contribution in [2.24, 2.45) is 0 Å². The molecule has 0 amide bonds. The normalized spacial score (nSPS) is 18.5. The molecule has 0 saturated heterocycles. The van der Waals surface area contributed by atoms with E-state index in [1.807, 2.05) is 11.3 Å². The lowest BCUT2D eigenvalue weighted by atomic mass is 9.91. The van der Waals surface area contributed by atoms with Crippen molar-refractivity contribution in [2.75, 3.05) is 6.54 Å². The first kappa shape index (κ1) is 10.1. The van der Waals surface area contributed by atoms with Gasteiger partial charge in [0.15, 0.2) is 0 Å². The highest BCUT2D eigenvalue weighted by Gasteiger charge is 2.33. The third kappa shape index (κ3) is 1.71. The van der Waals surface area contributed by atoms with Crippen molar-refractivity contribution in [1.82, 2.24) is 10.3 Å². The lowest BCUT2D eigenvalue weighted by molar-refractivity contribution is 0.507. The van der Waals surface area contributed by atoms with Crippen molar-refractivity contribution in [3.8, 4) is 0 Å². The van der Waals surface area contributed by atoms with Crippen LogP contribution in [0, 0.1) is 0 Å². The van der Waals surface area contributed by atoms with Gasteiger partial charge in [-0.2, -0.15) is 0 Å². The van der Waals surface area contributed by atoms with Gasteiger partial charge < -0.3 is 5.32 Å². The van der Waals surface area contributed by atoms with Gasteiger partial charge in [-0.3, -0.25) is 0 Å². The van der Waals surface area contributed by atoms with Crippen LogP contribution in [0.2, 0.25) is 0 Å². The van der Waals surface area contributed by atoms with Gasteiger partial charge in [-0.15, -0.1) is 11.3 Å². The van der Waals surface area contributed by atoms with Crippen LogP contribution in [0.4, 0.5) is 0 Å². The average molecular weight is 210 g/mol. The monoisotopic (exact) mass is 210 g/mol. The summed E-state index contributed by atoms with van der Waals surface area (Å²) in [6, 6.07) is 0. The van der Waals surface area contributed by atoms with E-state index in [-0.39, 0.29) is 0 Å². The van der Waals surface area contributed by atoms with Gasteiger partial charge in [-0.1, -0.05) is 20.8 Å². The van der Waals surface area contributed by atoms with E-state index in [1.54, 1.807) is 0 Å². The fraction of sp³-hybridized carbons (Fsp3) is 0.727. The van der Waals surface area contributed by atoms with Gasteiger partial charge in [0.1, 0.15) is 5.01 Å². The molecule has 0 saturated carbocycles. The molecule has 0 bridgehead atoms. The summed E-state index contributed by atoms with van der Waals surface area (Å²) in [5.74, 6) is 0. The molecule has 0 atom stereocenters. The van der Waals surface area contributed by atoms with Gasteiger partial charge in [-0.25, -0.2) is 4.98 Å². The van der Waals surface area contributed by atoms with Crippen LogP contribution in [0.3, 0.4) is 0 Å². The molecule has 0 unspecified atom stereocenters. The van der Waals surface area contributed by atoms with Crippen LogP contribution in [0.1, 0.15) is 42.8 Å². The van der Waals surface area contributed by atoms with Gasteiger partial charge in [0.2, 0.25) is 0 Å². The first-order valence-corrected chi connectivity index (χ1v) is 6.15. The Morgan fingerprint density at radius 3 is 2.93 bits per heavy atom. The van der Waals surface area contributed by atoms with E-state index in [9.17, 15) is 0 Å². The number of nitrogens with zero attached hydrogens (tertiary/aromatic N) is 1. The van der Waals surface area contributed by atoms with Crippen molar-refractivity contribution >= 4 is 11.3 Å². The quantitative estimate of drug-likeness (QED) is 0.829. The molecule has 0 radical (unpaired) electrons. The molecule has 1 aromatic rings. The van der Waals surface area contributed by atoms with E-state index >= 15 is 0 Å². The van der Waals surface area contributed by atoms with Crippen molar-refractivity contribution in [3.05, 3.63) is 15.6 Å². The summed E-state index contributed by atoms with van der Waals surface area (Å²) >= 11 is 1.89. The number of hydrogen-bond donors (Lipinski definition) is 1. The molecular weight excluding hydrogens is 192 g/mol. The maximum Gasteiger partial charge on any atom is 0.107 e. The van der Waals surface area contributed by atoms with Crippen LogP contribution in [0.15, 0.2) is 0 Å². The van der Waals surface area contributed by atoms with E-state index < -0.39 is 0 Å². The van der Waals surface area contributed by atoms with E-state index in [4.69, 9.17) is 4.98 Å². The number of nitrogens with one attached hydrogen (secondary N) is 1. The van der Waals surface area contributed by atoms with E-state index in [1.165, 1.54) is 28.4 Å². The smallest absolute Gasteiger partial charge is 0.107 e. The fourth-order valence-electron chi connectivity index (χ4n) is 1.95. The third-order valence-electron chi connectivity index (χ3n) is 2.89. The Kier molecular flexibility index (Phi) is 2.62. The van der Waals surface area contributed by atoms with Gasteiger partial charge >= 0.3 is 0 Å². The Bertz CT molecular complexity index is 328. The second-order valence-electron chi connectivity index (χ2n) is 4.54. The van der Waals surface area contributed by atoms with Crippen LogP contribution in [-0.2, 0) is 18.4 Å². The SMILES string of the molecule is CCNCc1nc2c(s1)CCC2(C)C. The maximum absolute atomic E-state index is 4.74. The fourth-order valence-corrected chi connectivity index (χ4v) is 3.17. The van der Waals surface area contributed by atoms with Gasteiger partial charge in [0, 0.05) is 16.8 Å². The number of hydrogen-bond acceptors (Lipinski definition) is 3. The van der Waals surface area contributed by atoms with E-state index in [0.29, 0.717) is 5.41 Å². The zero-order chi connectivity index (χ0) is 10.2. The summed E-state index contributed by atoms with van der Waals surface area (Å²) in [4.78, 5) is 6.25. The zero-order valence-electron chi connectivity index (χ0n) is 9.18. The average Bonchev–Trinajstić information content (AvgIpc) is 2.65. The predicted octanol–water partition coefficient (Wildman–Crippen LogP) is 2.48. The van der Waals surface area contributed by atoms with Crippen LogP contribution >= 0.6 is 11.3 Å².